The maximum absolute atomic E-state index is 11.6. The van der Waals surface area contributed by atoms with Gasteiger partial charge in [0, 0.05) is 24.6 Å². The number of thiazole rings is 1. The van der Waals surface area contributed by atoms with Crippen LogP contribution in [0.1, 0.15) is 12.6 Å². The first-order valence-electron chi connectivity index (χ1n) is 6.73. The van der Waals surface area contributed by atoms with Crippen molar-refractivity contribution in [3.63, 3.8) is 0 Å². The van der Waals surface area contributed by atoms with E-state index in [9.17, 15) is 4.79 Å². The van der Waals surface area contributed by atoms with Crippen LogP contribution in [-0.4, -0.2) is 30.8 Å². The third kappa shape index (κ3) is 4.84. The van der Waals surface area contributed by atoms with E-state index in [4.69, 9.17) is 4.74 Å². The number of nitrogens with one attached hydrogen (secondary N) is 2. The van der Waals surface area contributed by atoms with Crippen LogP contribution in [-0.2, 0) is 11.3 Å². The maximum atomic E-state index is 11.6. The van der Waals surface area contributed by atoms with Crippen molar-refractivity contribution in [1.29, 1.82) is 0 Å². The zero-order chi connectivity index (χ0) is 15.1. The summed E-state index contributed by atoms with van der Waals surface area (Å²) in [6, 6.07) is 9.78. The summed E-state index contributed by atoms with van der Waals surface area (Å²) in [6.07, 6.45) is -0.000272. The minimum absolute atomic E-state index is 0.000272. The van der Waals surface area contributed by atoms with E-state index in [1.807, 2.05) is 42.6 Å². The Balaban J connectivity index is 1.82. The molecule has 1 aromatic carbocycles. The van der Waals surface area contributed by atoms with E-state index in [0.29, 0.717) is 13.1 Å². The highest BCUT2D eigenvalue weighted by Gasteiger charge is 2.07. The molecule has 0 fully saturated rings. The van der Waals surface area contributed by atoms with Crippen LogP contribution in [0.15, 0.2) is 35.7 Å². The van der Waals surface area contributed by atoms with E-state index in [1.165, 1.54) is 0 Å². The molecule has 6 heteroatoms. The number of benzene rings is 1. The predicted molar refractivity (Wildman–Crippen MR) is 84.3 cm³/mol. The number of aromatic nitrogens is 1. The third-order valence-corrected chi connectivity index (χ3v) is 3.90. The molecule has 0 aliphatic carbocycles. The van der Waals surface area contributed by atoms with Gasteiger partial charge < -0.3 is 15.4 Å². The Morgan fingerprint density at radius 3 is 2.81 bits per heavy atom. The van der Waals surface area contributed by atoms with Gasteiger partial charge in [0.05, 0.1) is 18.3 Å². The molecule has 1 atom stereocenters. The monoisotopic (exact) mass is 305 g/mol. The zero-order valence-corrected chi connectivity index (χ0v) is 12.9. The molecule has 2 amide bonds. The molecule has 2 aromatic rings. The number of nitrogens with zero attached hydrogens (tertiary/aromatic N) is 1. The molecular formula is C15H19N3O2S. The Hall–Kier alpha value is -1.92. The lowest BCUT2D eigenvalue weighted by Crippen LogP contribution is -2.39. The lowest BCUT2D eigenvalue weighted by molar-refractivity contribution is 0.118. The number of rotatable bonds is 6. The molecule has 0 bridgehead atoms. The van der Waals surface area contributed by atoms with Gasteiger partial charge in [-0.1, -0.05) is 30.3 Å². The molecule has 0 aliphatic rings. The van der Waals surface area contributed by atoms with E-state index >= 15 is 0 Å². The number of urea groups is 1. The average molecular weight is 305 g/mol. The van der Waals surface area contributed by atoms with Crippen LogP contribution in [0.3, 0.4) is 0 Å². The highest BCUT2D eigenvalue weighted by Crippen LogP contribution is 2.22. The molecule has 2 N–H and O–H groups in total. The Bertz CT molecular complexity index is 571. The van der Waals surface area contributed by atoms with Crippen molar-refractivity contribution in [2.75, 3.05) is 13.7 Å². The molecule has 0 aliphatic heterocycles. The molecule has 5 nitrogen and oxygen atoms in total. The van der Waals surface area contributed by atoms with Crippen molar-refractivity contribution in [2.24, 2.45) is 0 Å². The second-order valence-electron chi connectivity index (χ2n) is 4.62. The van der Waals surface area contributed by atoms with E-state index in [0.717, 1.165) is 16.3 Å². The SMILES string of the molecule is CO[C@@H](C)CNC(=O)NCc1csc(-c2ccccc2)n1. The highest BCUT2D eigenvalue weighted by atomic mass is 32.1. The number of carbonyl (C=O) groups is 1. The topological polar surface area (TPSA) is 63.2 Å². The lowest BCUT2D eigenvalue weighted by atomic mass is 10.2. The first-order chi connectivity index (χ1) is 10.2. The first kappa shape index (κ1) is 15.5. The number of ether oxygens (including phenoxy) is 1. The van der Waals surface area contributed by atoms with Crippen molar-refractivity contribution in [3.8, 4) is 10.6 Å². The van der Waals surface area contributed by atoms with Gasteiger partial charge in [-0.2, -0.15) is 0 Å². The van der Waals surface area contributed by atoms with Gasteiger partial charge in [-0.25, -0.2) is 9.78 Å². The van der Waals surface area contributed by atoms with Gasteiger partial charge in [0.1, 0.15) is 5.01 Å². The van der Waals surface area contributed by atoms with Crippen LogP contribution in [0.4, 0.5) is 4.79 Å². The number of amides is 2. The van der Waals surface area contributed by atoms with E-state index < -0.39 is 0 Å². The summed E-state index contributed by atoms with van der Waals surface area (Å²) in [4.78, 5) is 16.1. The summed E-state index contributed by atoms with van der Waals surface area (Å²) in [5.74, 6) is 0. The average Bonchev–Trinajstić information content (AvgIpc) is 3.00. The fourth-order valence-corrected chi connectivity index (χ4v) is 2.48. The van der Waals surface area contributed by atoms with Gasteiger partial charge in [0.15, 0.2) is 0 Å². The van der Waals surface area contributed by atoms with Crippen LogP contribution in [0.25, 0.3) is 10.6 Å². The fraction of sp³-hybridized carbons (Fsp3) is 0.333. The molecule has 0 spiro atoms. The molecule has 2 rings (SSSR count). The second kappa shape index (κ2) is 7.75. The lowest BCUT2D eigenvalue weighted by Gasteiger charge is -2.11. The number of methoxy groups -OCH3 is 1. The largest absolute Gasteiger partial charge is 0.380 e. The van der Waals surface area contributed by atoms with E-state index in [-0.39, 0.29) is 12.1 Å². The number of hydrogen-bond donors (Lipinski definition) is 2. The van der Waals surface area contributed by atoms with Crippen molar-refractivity contribution in [3.05, 3.63) is 41.4 Å². The summed E-state index contributed by atoms with van der Waals surface area (Å²) in [6.45, 7) is 2.79. The molecule has 0 unspecified atom stereocenters. The molecular weight excluding hydrogens is 286 g/mol. The van der Waals surface area contributed by atoms with Crippen molar-refractivity contribution >= 4 is 17.4 Å². The molecule has 21 heavy (non-hydrogen) atoms. The summed E-state index contributed by atoms with van der Waals surface area (Å²) in [7, 11) is 1.62. The van der Waals surface area contributed by atoms with Crippen molar-refractivity contribution in [2.45, 2.75) is 19.6 Å². The first-order valence-corrected chi connectivity index (χ1v) is 7.61. The summed E-state index contributed by atoms with van der Waals surface area (Å²) < 4.78 is 5.06. The van der Waals surface area contributed by atoms with Crippen LogP contribution in [0.2, 0.25) is 0 Å². The molecule has 0 saturated carbocycles. The van der Waals surface area contributed by atoms with Crippen LogP contribution < -0.4 is 10.6 Å². The minimum atomic E-state index is -0.215. The van der Waals surface area contributed by atoms with Crippen molar-refractivity contribution in [1.82, 2.24) is 15.6 Å². The third-order valence-electron chi connectivity index (χ3n) is 2.95. The Kier molecular flexibility index (Phi) is 5.71. The van der Waals surface area contributed by atoms with E-state index in [1.54, 1.807) is 18.4 Å². The Morgan fingerprint density at radius 1 is 1.33 bits per heavy atom. The Morgan fingerprint density at radius 2 is 2.10 bits per heavy atom. The van der Waals surface area contributed by atoms with Crippen LogP contribution in [0.5, 0.6) is 0 Å². The van der Waals surface area contributed by atoms with Gasteiger partial charge in [0.2, 0.25) is 0 Å². The summed E-state index contributed by atoms with van der Waals surface area (Å²) in [5.41, 5.74) is 1.95. The van der Waals surface area contributed by atoms with Gasteiger partial charge in [-0.3, -0.25) is 0 Å². The molecule has 0 radical (unpaired) electrons. The summed E-state index contributed by atoms with van der Waals surface area (Å²) >= 11 is 1.57. The standard InChI is InChI=1S/C15H19N3O2S/c1-11(20-2)8-16-15(19)17-9-13-10-21-14(18-13)12-6-4-3-5-7-12/h3-7,10-11H,8-9H2,1-2H3,(H2,16,17,19)/t11-/m0/s1. The molecule has 1 heterocycles. The molecule has 0 saturated heterocycles. The number of carbonyl (C=O) groups excluding carboxylic acids is 1. The van der Waals surface area contributed by atoms with Gasteiger partial charge in [-0.05, 0) is 6.92 Å². The summed E-state index contributed by atoms with van der Waals surface area (Å²) in [5, 5.41) is 8.44. The van der Waals surface area contributed by atoms with Crippen molar-refractivity contribution < 1.29 is 9.53 Å². The van der Waals surface area contributed by atoms with Gasteiger partial charge in [-0.15, -0.1) is 11.3 Å². The van der Waals surface area contributed by atoms with Crippen LogP contribution in [0, 0.1) is 0 Å². The van der Waals surface area contributed by atoms with E-state index in [2.05, 4.69) is 15.6 Å². The molecule has 1 aromatic heterocycles. The smallest absolute Gasteiger partial charge is 0.315 e. The number of hydrogen-bond acceptors (Lipinski definition) is 4. The maximum Gasteiger partial charge on any atom is 0.315 e. The minimum Gasteiger partial charge on any atom is -0.380 e. The normalized spacial score (nSPS) is 11.9. The fourth-order valence-electron chi connectivity index (χ4n) is 1.65. The van der Waals surface area contributed by atoms with Gasteiger partial charge in [0.25, 0.3) is 0 Å². The zero-order valence-electron chi connectivity index (χ0n) is 12.1. The van der Waals surface area contributed by atoms with Gasteiger partial charge >= 0.3 is 6.03 Å². The Labute approximate surface area is 128 Å². The predicted octanol–water partition coefficient (Wildman–Crippen LogP) is 2.64. The molecule has 112 valence electrons. The van der Waals surface area contributed by atoms with Crippen LogP contribution >= 0.6 is 11.3 Å². The highest BCUT2D eigenvalue weighted by molar-refractivity contribution is 7.13. The second-order valence-corrected chi connectivity index (χ2v) is 5.48. The quantitative estimate of drug-likeness (QED) is 0.862.